The Labute approximate surface area is 130 Å². The number of nitro benzene ring substituents is 1. The zero-order chi connectivity index (χ0) is 16.2. The largest absolute Gasteiger partial charge is 0.323 e. The minimum atomic E-state index is -0.501. The van der Waals surface area contributed by atoms with Crippen molar-refractivity contribution in [3.05, 3.63) is 65.0 Å². The fourth-order valence-electron chi connectivity index (χ4n) is 2.03. The third-order valence-electron chi connectivity index (χ3n) is 3.08. The van der Waals surface area contributed by atoms with Gasteiger partial charge in [0.2, 0.25) is 0 Å². The first-order valence-electron chi connectivity index (χ1n) is 6.66. The second-order valence-electron chi connectivity index (χ2n) is 4.61. The molecule has 2 heterocycles. The van der Waals surface area contributed by atoms with Gasteiger partial charge in [-0.05, 0) is 30.3 Å². The van der Waals surface area contributed by atoms with Crippen LogP contribution in [0.1, 0.15) is 0 Å². The Morgan fingerprint density at radius 1 is 1.00 bits per heavy atom. The van der Waals surface area contributed by atoms with Gasteiger partial charge in [0.25, 0.3) is 5.69 Å². The van der Waals surface area contributed by atoms with E-state index in [0.717, 1.165) is 0 Å². The first-order valence-corrected chi connectivity index (χ1v) is 6.66. The normalized spacial score (nSPS) is 10.3. The van der Waals surface area contributed by atoms with Gasteiger partial charge in [-0.15, -0.1) is 0 Å². The van der Waals surface area contributed by atoms with Crippen molar-refractivity contribution in [1.82, 2.24) is 9.97 Å². The maximum Gasteiger partial charge on any atom is 0.323 e. The zero-order valence-corrected chi connectivity index (χ0v) is 11.8. The van der Waals surface area contributed by atoms with E-state index in [2.05, 4.69) is 20.6 Å². The lowest BCUT2D eigenvalue weighted by Gasteiger charge is -2.09. The van der Waals surface area contributed by atoms with Crippen molar-refractivity contribution in [3.8, 4) is 0 Å². The van der Waals surface area contributed by atoms with Crippen LogP contribution in [0.2, 0.25) is 0 Å². The standard InChI is InChI=1S/C15H11N5O3/c21-15(18-10-3-5-11(6-4-10)20(22)23)19-13-7-9-16-12-2-1-8-17-14(12)13/h1-9H,(H2,16,18,19,21). The Bertz CT molecular complexity index is 874. The van der Waals surface area contributed by atoms with Gasteiger partial charge in [0, 0.05) is 30.2 Å². The highest BCUT2D eigenvalue weighted by molar-refractivity contribution is 6.04. The van der Waals surface area contributed by atoms with Crippen LogP contribution in [0.15, 0.2) is 54.9 Å². The number of carbonyl (C=O) groups excluding carboxylic acids is 1. The molecule has 0 radical (unpaired) electrons. The van der Waals surface area contributed by atoms with Crippen molar-refractivity contribution in [2.45, 2.75) is 0 Å². The van der Waals surface area contributed by atoms with Gasteiger partial charge in [-0.25, -0.2) is 4.79 Å². The van der Waals surface area contributed by atoms with E-state index in [1.54, 1.807) is 30.6 Å². The van der Waals surface area contributed by atoms with Crippen molar-refractivity contribution in [2.75, 3.05) is 10.6 Å². The molecule has 0 unspecified atom stereocenters. The first kappa shape index (κ1) is 14.4. The first-order chi connectivity index (χ1) is 11.1. The highest BCUT2D eigenvalue weighted by atomic mass is 16.6. The molecule has 0 fully saturated rings. The quantitative estimate of drug-likeness (QED) is 0.570. The average Bonchev–Trinajstić information content (AvgIpc) is 2.55. The molecule has 3 rings (SSSR count). The number of nitrogens with one attached hydrogen (secondary N) is 2. The molecule has 8 heteroatoms. The van der Waals surface area contributed by atoms with Crippen LogP contribution in [0.4, 0.5) is 21.9 Å². The number of hydrogen-bond donors (Lipinski definition) is 2. The summed E-state index contributed by atoms with van der Waals surface area (Å²) in [6.07, 6.45) is 3.19. The van der Waals surface area contributed by atoms with Gasteiger partial charge in [-0.3, -0.25) is 20.1 Å². The van der Waals surface area contributed by atoms with Gasteiger partial charge in [0.05, 0.1) is 16.1 Å². The van der Waals surface area contributed by atoms with E-state index in [1.807, 2.05) is 0 Å². The van der Waals surface area contributed by atoms with Crippen LogP contribution in [0, 0.1) is 10.1 Å². The minimum Gasteiger partial charge on any atom is -0.308 e. The summed E-state index contributed by atoms with van der Waals surface area (Å²) in [4.78, 5) is 30.5. The number of nitrogens with zero attached hydrogens (tertiary/aromatic N) is 3. The Balaban J connectivity index is 1.75. The summed E-state index contributed by atoms with van der Waals surface area (Å²) < 4.78 is 0. The molecule has 0 atom stereocenters. The molecule has 23 heavy (non-hydrogen) atoms. The lowest BCUT2D eigenvalue weighted by molar-refractivity contribution is -0.384. The number of pyridine rings is 2. The van der Waals surface area contributed by atoms with Crippen LogP contribution < -0.4 is 10.6 Å². The van der Waals surface area contributed by atoms with Gasteiger partial charge in [-0.1, -0.05) is 0 Å². The molecule has 2 aromatic heterocycles. The molecule has 0 aliphatic rings. The summed E-state index contributed by atoms with van der Waals surface area (Å²) in [7, 11) is 0. The van der Waals surface area contributed by atoms with Crippen molar-refractivity contribution < 1.29 is 9.72 Å². The number of aromatic nitrogens is 2. The van der Waals surface area contributed by atoms with E-state index >= 15 is 0 Å². The maximum atomic E-state index is 12.0. The lowest BCUT2D eigenvalue weighted by atomic mass is 10.3. The molecule has 0 aliphatic carbocycles. The summed E-state index contributed by atoms with van der Waals surface area (Å²) in [5, 5.41) is 15.9. The Kier molecular flexibility index (Phi) is 3.79. The molecule has 0 saturated heterocycles. The molecular formula is C15H11N5O3. The van der Waals surface area contributed by atoms with Crippen LogP contribution in [0.3, 0.4) is 0 Å². The van der Waals surface area contributed by atoms with E-state index < -0.39 is 11.0 Å². The summed E-state index contributed by atoms with van der Waals surface area (Å²) in [6.45, 7) is 0. The number of rotatable bonds is 3. The number of hydrogen-bond acceptors (Lipinski definition) is 5. The summed E-state index contributed by atoms with van der Waals surface area (Å²) >= 11 is 0. The Morgan fingerprint density at radius 2 is 1.78 bits per heavy atom. The zero-order valence-electron chi connectivity index (χ0n) is 11.8. The van der Waals surface area contributed by atoms with Gasteiger partial charge in [0.15, 0.2) is 0 Å². The number of benzene rings is 1. The van der Waals surface area contributed by atoms with Crippen molar-refractivity contribution in [3.63, 3.8) is 0 Å². The summed E-state index contributed by atoms with van der Waals surface area (Å²) in [6, 6.07) is 10.3. The molecule has 3 aromatic rings. The number of carbonyl (C=O) groups is 1. The van der Waals surface area contributed by atoms with Crippen LogP contribution >= 0.6 is 0 Å². The number of nitro groups is 1. The SMILES string of the molecule is O=C(Nc1ccc([N+](=O)[O-])cc1)Nc1ccnc2cccnc12. The smallest absolute Gasteiger partial charge is 0.308 e. The van der Waals surface area contributed by atoms with Crippen LogP contribution in [0.25, 0.3) is 11.0 Å². The molecule has 0 saturated carbocycles. The van der Waals surface area contributed by atoms with Crippen LogP contribution in [0.5, 0.6) is 0 Å². The second kappa shape index (κ2) is 6.06. The fourth-order valence-corrected chi connectivity index (χ4v) is 2.03. The summed E-state index contributed by atoms with van der Waals surface area (Å²) in [5.41, 5.74) is 2.17. The molecule has 8 nitrogen and oxygen atoms in total. The third kappa shape index (κ3) is 3.21. The van der Waals surface area contributed by atoms with Crippen molar-refractivity contribution >= 4 is 34.1 Å². The van der Waals surface area contributed by atoms with E-state index in [0.29, 0.717) is 22.4 Å². The van der Waals surface area contributed by atoms with Crippen molar-refractivity contribution in [2.24, 2.45) is 0 Å². The average molecular weight is 309 g/mol. The third-order valence-corrected chi connectivity index (χ3v) is 3.08. The predicted molar refractivity (Wildman–Crippen MR) is 85.3 cm³/mol. The topological polar surface area (TPSA) is 110 Å². The highest BCUT2D eigenvalue weighted by Crippen LogP contribution is 2.19. The van der Waals surface area contributed by atoms with E-state index in [4.69, 9.17) is 0 Å². The minimum absolute atomic E-state index is 0.0414. The Morgan fingerprint density at radius 3 is 2.52 bits per heavy atom. The number of fused-ring (bicyclic) bond motifs is 1. The van der Waals surface area contributed by atoms with Crippen LogP contribution in [-0.4, -0.2) is 20.9 Å². The van der Waals surface area contributed by atoms with E-state index in [1.165, 1.54) is 24.3 Å². The molecule has 0 aliphatic heterocycles. The van der Waals surface area contributed by atoms with E-state index in [-0.39, 0.29) is 5.69 Å². The van der Waals surface area contributed by atoms with Gasteiger partial charge in [-0.2, -0.15) is 0 Å². The number of non-ortho nitro benzene ring substituents is 1. The summed E-state index contributed by atoms with van der Waals surface area (Å²) in [5.74, 6) is 0. The molecule has 0 spiro atoms. The fraction of sp³-hybridized carbons (Fsp3) is 0. The molecule has 2 N–H and O–H groups in total. The monoisotopic (exact) mass is 309 g/mol. The van der Waals surface area contributed by atoms with Gasteiger partial charge < -0.3 is 10.6 Å². The molecule has 1 aromatic carbocycles. The number of amides is 2. The maximum absolute atomic E-state index is 12.0. The van der Waals surface area contributed by atoms with Crippen molar-refractivity contribution in [1.29, 1.82) is 0 Å². The highest BCUT2D eigenvalue weighted by Gasteiger charge is 2.09. The molecule has 114 valence electrons. The van der Waals surface area contributed by atoms with E-state index in [9.17, 15) is 14.9 Å². The lowest BCUT2D eigenvalue weighted by Crippen LogP contribution is -2.19. The molecular weight excluding hydrogens is 298 g/mol. The van der Waals surface area contributed by atoms with Gasteiger partial charge >= 0.3 is 6.03 Å². The molecule has 0 bridgehead atoms. The predicted octanol–water partition coefficient (Wildman–Crippen LogP) is 3.18. The van der Waals surface area contributed by atoms with Gasteiger partial charge in [0.1, 0.15) is 5.52 Å². The van der Waals surface area contributed by atoms with Crippen LogP contribution in [-0.2, 0) is 0 Å². The number of urea groups is 1. The second-order valence-corrected chi connectivity index (χ2v) is 4.61. The molecule has 2 amide bonds. The Hall–Kier alpha value is -3.55. The number of anilines is 2.